The van der Waals surface area contributed by atoms with E-state index in [4.69, 9.17) is 5.73 Å². The van der Waals surface area contributed by atoms with Crippen molar-refractivity contribution in [3.05, 3.63) is 35.4 Å². The highest BCUT2D eigenvalue weighted by Crippen LogP contribution is 2.32. The van der Waals surface area contributed by atoms with Crippen LogP contribution in [0.1, 0.15) is 44.2 Å². The zero-order valence-corrected chi connectivity index (χ0v) is 17.1. The van der Waals surface area contributed by atoms with Gasteiger partial charge >= 0.3 is 0 Å². The van der Waals surface area contributed by atoms with Gasteiger partial charge in [0.2, 0.25) is 5.91 Å². The first-order chi connectivity index (χ1) is 11.2. The van der Waals surface area contributed by atoms with Crippen molar-refractivity contribution >= 4 is 30.7 Å². The fourth-order valence-corrected chi connectivity index (χ4v) is 3.48. The second-order valence-electron chi connectivity index (χ2n) is 7.16. The van der Waals surface area contributed by atoms with Crippen molar-refractivity contribution in [2.45, 2.75) is 44.2 Å². The first-order valence-electron chi connectivity index (χ1n) is 8.41. The maximum atomic E-state index is 14.1. The molecular formula is C18H29Cl2F2N3O. The van der Waals surface area contributed by atoms with Gasteiger partial charge in [0.05, 0.1) is 12.0 Å². The number of nitrogens with zero attached hydrogens (tertiary/aromatic N) is 1. The number of halogens is 4. The lowest BCUT2D eigenvalue weighted by molar-refractivity contribution is -0.128. The Morgan fingerprint density at radius 3 is 2.38 bits per heavy atom. The largest absolute Gasteiger partial charge is 0.354 e. The Morgan fingerprint density at radius 2 is 1.88 bits per heavy atom. The molecule has 3 unspecified atom stereocenters. The highest BCUT2D eigenvalue weighted by atomic mass is 35.5. The van der Waals surface area contributed by atoms with Crippen molar-refractivity contribution in [1.29, 1.82) is 0 Å². The number of amides is 1. The van der Waals surface area contributed by atoms with Crippen LogP contribution in [0.3, 0.4) is 0 Å². The van der Waals surface area contributed by atoms with Gasteiger partial charge in [-0.2, -0.15) is 0 Å². The molecule has 0 spiro atoms. The molecule has 1 aromatic rings. The van der Waals surface area contributed by atoms with E-state index in [1.54, 1.807) is 19.0 Å². The van der Waals surface area contributed by atoms with Gasteiger partial charge in [0.1, 0.15) is 11.6 Å². The van der Waals surface area contributed by atoms with Gasteiger partial charge in [-0.15, -0.1) is 24.8 Å². The molecule has 0 saturated heterocycles. The molecular weight excluding hydrogens is 383 g/mol. The zero-order chi connectivity index (χ0) is 17.9. The number of hydrogen-bond donors (Lipinski definition) is 2. The molecule has 1 aromatic carbocycles. The summed E-state index contributed by atoms with van der Waals surface area (Å²) in [6.07, 6.45) is 3.56. The third kappa shape index (κ3) is 5.78. The summed E-state index contributed by atoms with van der Waals surface area (Å²) < 4.78 is 28.1. The summed E-state index contributed by atoms with van der Waals surface area (Å²) in [6.45, 7) is 2.03. The second kappa shape index (κ2) is 10.4. The molecule has 3 N–H and O–H groups in total. The van der Waals surface area contributed by atoms with Crippen LogP contribution in [0.5, 0.6) is 0 Å². The maximum absolute atomic E-state index is 14.1. The summed E-state index contributed by atoms with van der Waals surface area (Å²) in [7, 11) is 3.47. The van der Waals surface area contributed by atoms with Crippen molar-refractivity contribution in [3.8, 4) is 0 Å². The van der Waals surface area contributed by atoms with E-state index in [0.717, 1.165) is 25.7 Å². The van der Waals surface area contributed by atoms with E-state index < -0.39 is 23.2 Å². The Kier molecular flexibility index (Phi) is 10.0. The number of benzene rings is 1. The highest BCUT2D eigenvalue weighted by molar-refractivity contribution is 5.85. The Balaban J connectivity index is 0.00000312. The van der Waals surface area contributed by atoms with Gasteiger partial charge in [0.25, 0.3) is 0 Å². The van der Waals surface area contributed by atoms with Crippen LogP contribution in [0.4, 0.5) is 8.78 Å². The van der Waals surface area contributed by atoms with E-state index in [0.29, 0.717) is 0 Å². The fourth-order valence-electron chi connectivity index (χ4n) is 3.48. The lowest BCUT2D eigenvalue weighted by atomic mass is 9.74. The van der Waals surface area contributed by atoms with Crippen molar-refractivity contribution in [2.24, 2.45) is 11.7 Å². The summed E-state index contributed by atoms with van der Waals surface area (Å²) in [6, 6.07) is 3.22. The van der Waals surface area contributed by atoms with Crippen LogP contribution in [-0.2, 0) is 4.79 Å². The number of carbonyl (C=O) groups excluding carboxylic acids is 1. The van der Waals surface area contributed by atoms with Crippen LogP contribution in [0.15, 0.2) is 18.2 Å². The Labute approximate surface area is 166 Å². The molecule has 0 radical (unpaired) electrons. The minimum absolute atomic E-state index is 0. The molecule has 3 atom stereocenters. The van der Waals surface area contributed by atoms with E-state index in [1.807, 2.05) is 6.92 Å². The third-order valence-electron chi connectivity index (χ3n) is 5.00. The van der Waals surface area contributed by atoms with Crippen LogP contribution in [0, 0.1) is 17.6 Å². The molecule has 1 aliphatic carbocycles. The first-order valence-corrected chi connectivity index (χ1v) is 8.41. The summed E-state index contributed by atoms with van der Waals surface area (Å²) in [5.41, 5.74) is 5.70. The zero-order valence-electron chi connectivity index (χ0n) is 15.4. The van der Waals surface area contributed by atoms with Crippen molar-refractivity contribution in [2.75, 3.05) is 20.6 Å². The normalized spacial score (nSPS) is 23.6. The van der Waals surface area contributed by atoms with Gasteiger partial charge in [-0.3, -0.25) is 4.79 Å². The molecule has 26 heavy (non-hydrogen) atoms. The Bertz CT molecular complexity index is 580. The molecule has 1 fully saturated rings. The smallest absolute Gasteiger partial charge is 0.225 e. The highest BCUT2D eigenvalue weighted by Gasteiger charge is 2.38. The summed E-state index contributed by atoms with van der Waals surface area (Å²) in [5.74, 6) is -1.61. The molecule has 1 amide bonds. The minimum Gasteiger partial charge on any atom is -0.354 e. The van der Waals surface area contributed by atoms with Gasteiger partial charge in [-0.25, -0.2) is 8.78 Å². The van der Waals surface area contributed by atoms with E-state index in [2.05, 4.69) is 5.32 Å². The Morgan fingerprint density at radius 1 is 1.31 bits per heavy atom. The lowest BCUT2D eigenvalue weighted by Crippen LogP contribution is -2.53. The van der Waals surface area contributed by atoms with Gasteiger partial charge in [0, 0.05) is 17.6 Å². The summed E-state index contributed by atoms with van der Waals surface area (Å²) in [5, 5.41) is 2.85. The molecule has 1 aliphatic rings. The summed E-state index contributed by atoms with van der Waals surface area (Å²) >= 11 is 0. The van der Waals surface area contributed by atoms with Crippen LogP contribution in [0.2, 0.25) is 0 Å². The van der Waals surface area contributed by atoms with E-state index in [9.17, 15) is 13.6 Å². The second-order valence-corrected chi connectivity index (χ2v) is 7.16. The minimum atomic E-state index is -0.607. The molecule has 0 aromatic heterocycles. The van der Waals surface area contributed by atoms with Crippen molar-refractivity contribution in [1.82, 2.24) is 10.2 Å². The average molecular weight is 412 g/mol. The third-order valence-corrected chi connectivity index (χ3v) is 5.00. The number of rotatable bonds is 5. The van der Waals surface area contributed by atoms with Gasteiger partial charge in [0.15, 0.2) is 0 Å². The molecule has 0 aliphatic heterocycles. The molecule has 4 nitrogen and oxygen atoms in total. The number of nitrogens with two attached hydrogens (primary N) is 1. The summed E-state index contributed by atoms with van der Waals surface area (Å²) in [4.78, 5) is 14.2. The van der Waals surface area contributed by atoms with Gasteiger partial charge in [-0.05, 0) is 46.0 Å². The maximum Gasteiger partial charge on any atom is 0.225 e. The first kappa shape index (κ1) is 25.1. The predicted molar refractivity (Wildman–Crippen MR) is 105 cm³/mol. The van der Waals surface area contributed by atoms with E-state index in [1.165, 1.54) is 18.2 Å². The number of carbonyl (C=O) groups is 1. The number of nitrogens with one attached hydrogen (secondary N) is 1. The number of likely N-dealkylation sites (N-methyl/N-ethyl adjacent to an activating group) is 1. The average Bonchev–Trinajstić information content (AvgIpc) is 2.49. The molecule has 1 saturated carbocycles. The quantitative estimate of drug-likeness (QED) is 0.779. The molecule has 150 valence electrons. The topological polar surface area (TPSA) is 58.4 Å². The molecule has 0 heterocycles. The molecule has 0 bridgehead atoms. The number of hydrogen-bond acceptors (Lipinski definition) is 3. The van der Waals surface area contributed by atoms with Crippen LogP contribution in [-0.4, -0.2) is 37.0 Å². The molecule has 2 rings (SSSR count). The molecule has 8 heteroatoms. The van der Waals surface area contributed by atoms with Crippen molar-refractivity contribution in [3.63, 3.8) is 0 Å². The lowest BCUT2D eigenvalue weighted by Gasteiger charge is -2.37. The van der Waals surface area contributed by atoms with Gasteiger partial charge in [-0.1, -0.05) is 18.9 Å². The predicted octanol–water partition coefficient (Wildman–Crippen LogP) is 3.43. The van der Waals surface area contributed by atoms with Gasteiger partial charge < -0.3 is 16.0 Å². The fraction of sp³-hybridized carbons (Fsp3) is 0.611. The van der Waals surface area contributed by atoms with Crippen molar-refractivity contribution < 1.29 is 13.6 Å². The van der Waals surface area contributed by atoms with Crippen LogP contribution >= 0.6 is 24.8 Å². The van der Waals surface area contributed by atoms with E-state index >= 15 is 0 Å². The van der Waals surface area contributed by atoms with E-state index in [-0.39, 0.29) is 48.7 Å². The monoisotopic (exact) mass is 411 g/mol. The van der Waals surface area contributed by atoms with Crippen LogP contribution < -0.4 is 11.1 Å². The Hall–Kier alpha value is -0.950. The SMILES string of the molecule is CN(C)C(CNC(=O)C1CCCCC1(C)N)c1c(F)cccc1F.Cl.Cl. The van der Waals surface area contributed by atoms with Crippen LogP contribution in [0.25, 0.3) is 0 Å². The standard InChI is InChI=1S/C18H27F2N3O.2ClH/c1-18(21)10-5-4-7-12(18)17(24)22-11-15(23(2)3)16-13(19)8-6-9-14(16)20;;/h6,8-9,12,15H,4-5,7,10-11,21H2,1-3H3,(H,22,24);2*1H.